The molecule has 0 saturated carbocycles. The van der Waals surface area contributed by atoms with Gasteiger partial charge >= 0.3 is 0 Å². The van der Waals surface area contributed by atoms with Crippen LogP contribution in [0.3, 0.4) is 0 Å². The molecule has 0 fully saturated rings. The number of aliphatic hydroxyl groups excluding tert-OH is 1. The van der Waals surface area contributed by atoms with Gasteiger partial charge in [-0.05, 0) is 47.2 Å². The first-order valence-electron chi connectivity index (χ1n) is 7.81. The van der Waals surface area contributed by atoms with Crippen LogP contribution in [0.4, 0.5) is 0 Å². The van der Waals surface area contributed by atoms with Crippen LogP contribution in [-0.4, -0.2) is 5.11 Å². The zero-order valence-corrected chi connectivity index (χ0v) is 13.4. The van der Waals surface area contributed by atoms with E-state index >= 15 is 0 Å². The van der Waals surface area contributed by atoms with Crippen LogP contribution in [0.25, 0.3) is 16.7 Å². The first-order chi connectivity index (χ1) is 10.6. The minimum Gasteiger partial charge on any atom is -0.392 e. The number of rotatable bonds is 3. The van der Waals surface area contributed by atoms with Gasteiger partial charge in [-0.25, -0.2) is 0 Å². The van der Waals surface area contributed by atoms with Gasteiger partial charge in [0.15, 0.2) is 0 Å². The maximum Gasteiger partial charge on any atom is 0.0687 e. The average molecular weight is 290 g/mol. The van der Waals surface area contributed by atoms with Crippen LogP contribution in [0, 0.1) is 5.92 Å². The fourth-order valence-electron chi connectivity index (χ4n) is 3.46. The van der Waals surface area contributed by atoms with Gasteiger partial charge in [0.25, 0.3) is 0 Å². The molecule has 0 aromatic heterocycles. The fraction of sp³-hybridized carbons (Fsp3) is 0.238. The van der Waals surface area contributed by atoms with Gasteiger partial charge in [0.05, 0.1) is 6.61 Å². The Kier molecular flexibility index (Phi) is 4.00. The first kappa shape index (κ1) is 14.8. The Morgan fingerprint density at radius 2 is 1.45 bits per heavy atom. The lowest BCUT2D eigenvalue weighted by molar-refractivity contribution is 0.282. The van der Waals surface area contributed by atoms with E-state index in [1.165, 1.54) is 27.8 Å². The molecule has 0 aliphatic heterocycles. The highest BCUT2D eigenvalue weighted by Crippen LogP contribution is 2.41. The molecule has 1 unspecified atom stereocenters. The van der Waals surface area contributed by atoms with Crippen LogP contribution in [0.15, 0.2) is 65.8 Å². The molecule has 1 atom stereocenters. The Morgan fingerprint density at radius 3 is 2.05 bits per heavy atom. The predicted octanol–water partition coefficient (Wildman–Crippen LogP) is 5.22. The van der Waals surface area contributed by atoms with Crippen LogP contribution in [0.1, 0.15) is 31.9 Å². The predicted molar refractivity (Wildman–Crippen MR) is 93.3 cm³/mol. The van der Waals surface area contributed by atoms with Crippen molar-refractivity contribution in [2.45, 2.75) is 27.4 Å². The third-order valence-corrected chi connectivity index (χ3v) is 4.65. The molecular formula is C21H22O. The van der Waals surface area contributed by atoms with E-state index in [9.17, 15) is 5.11 Å². The summed E-state index contributed by atoms with van der Waals surface area (Å²) in [6.45, 7) is 6.71. The molecule has 1 heteroatoms. The quantitative estimate of drug-likeness (QED) is 0.822. The molecule has 1 N–H and O–H groups in total. The maximum atomic E-state index is 9.66. The molecule has 1 nitrogen and oxygen atoms in total. The summed E-state index contributed by atoms with van der Waals surface area (Å²) in [5.41, 5.74) is 8.73. The lowest BCUT2D eigenvalue weighted by Crippen LogP contribution is -1.98. The van der Waals surface area contributed by atoms with Gasteiger partial charge in [0.1, 0.15) is 0 Å². The normalized spacial score (nSPS) is 17.8. The van der Waals surface area contributed by atoms with E-state index in [2.05, 4.69) is 57.2 Å². The van der Waals surface area contributed by atoms with Crippen molar-refractivity contribution >= 4 is 5.57 Å². The molecule has 2 aromatic carbocycles. The summed E-state index contributed by atoms with van der Waals surface area (Å²) >= 11 is 0. The van der Waals surface area contributed by atoms with E-state index in [0.29, 0.717) is 5.92 Å². The smallest absolute Gasteiger partial charge is 0.0687 e. The molecule has 0 amide bonds. The highest BCUT2D eigenvalue weighted by Gasteiger charge is 2.22. The Morgan fingerprint density at radius 1 is 0.864 bits per heavy atom. The second kappa shape index (κ2) is 5.94. The molecule has 1 aliphatic carbocycles. The van der Waals surface area contributed by atoms with Gasteiger partial charge < -0.3 is 5.11 Å². The van der Waals surface area contributed by atoms with Gasteiger partial charge in [0.2, 0.25) is 0 Å². The van der Waals surface area contributed by atoms with Gasteiger partial charge in [-0.3, -0.25) is 0 Å². The topological polar surface area (TPSA) is 20.2 Å². The van der Waals surface area contributed by atoms with E-state index in [1.54, 1.807) is 0 Å². The summed E-state index contributed by atoms with van der Waals surface area (Å²) in [5, 5.41) is 9.66. The molecule has 2 aromatic rings. The van der Waals surface area contributed by atoms with E-state index < -0.39 is 0 Å². The van der Waals surface area contributed by atoms with Crippen LogP contribution in [-0.2, 0) is 6.61 Å². The molecule has 112 valence electrons. The molecule has 3 rings (SSSR count). The van der Waals surface area contributed by atoms with Crippen molar-refractivity contribution in [1.29, 1.82) is 0 Å². The molecule has 0 spiro atoms. The first-order valence-corrected chi connectivity index (χ1v) is 7.81. The minimum absolute atomic E-state index is 0.0648. The van der Waals surface area contributed by atoms with Crippen LogP contribution in [0.2, 0.25) is 0 Å². The summed E-state index contributed by atoms with van der Waals surface area (Å²) in [7, 11) is 0. The SMILES string of the molecule is CC1=CC(C)C(c2ccccc2-c2ccccc2CO)=C1C. The number of aliphatic hydroxyl groups is 1. The van der Waals surface area contributed by atoms with Gasteiger partial charge in [-0.15, -0.1) is 0 Å². The molecular weight excluding hydrogens is 268 g/mol. The highest BCUT2D eigenvalue weighted by atomic mass is 16.3. The molecule has 0 heterocycles. The lowest BCUT2D eigenvalue weighted by atomic mass is 9.87. The van der Waals surface area contributed by atoms with Gasteiger partial charge in [-0.2, -0.15) is 0 Å². The summed E-state index contributed by atoms with van der Waals surface area (Å²) in [5.74, 6) is 0.433. The number of hydrogen-bond donors (Lipinski definition) is 1. The molecule has 1 aliphatic rings. The van der Waals surface area contributed by atoms with Gasteiger partial charge in [-0.1, -0.05) is 67.1 Å². The van der Waals surface area contributed by atoms with Crippen molar-refractivity contribution in [3.05, 3.63) is 76.9 Å². The van der Waals surface area contributed by atoms with Crippen molar-refractivity contribution in [2.75, 3.05) is 0 Å². The third kappa shape index (κ3) is 2.42. The molecule has 0 radical (unpaired) electrons. The molecule has 0 saturated heterocycles. The Labute approximate surface area is 132 Å². The lowest BCUT2D eigenvalue weighted by Gasteiger charge is -2.17. The van der Waals surface area contributed by atoms with Crippen LogP contribution < -0.4 is 0 Å². The fourth-order valence-corrected chi connectivity index (χ4v) is 3.46. The van der Waals surface area contributed by atoms with Crippen molar-refractivity contribution in [2.24, 2.45) is 5.92 Å². The summed E-state index contributed by atoms with van der Waals surface area (Å²) in [6.07, 6.45) is 2.33. The van der Waals surface area contributed by atoms with E-state index in [1.807, 2.05) is 18.2 Å². The Hall–Kier alpha value is -2.12. The second-order valence-corrected chi connectivity index (χ2v) is 6.04. The van der Waals surface area contributed by atoms with Crippen molar-refractivity contribution in [3.8, 4) is 11.1 Å². The highest BCUT2D eigenvalue weighted by molar-refractivity contribution is 5.87. The zero-order chi connectivity index (χ0) is 15.7. The number of allylic oxidation sites excluding steroid dienone is 4. The van der Waals surface area contributed by atoms with Gasteiger partial charge in [0, 0.05) is 5.92 Å². The molecule has 22 heavy (non-hydrogen) atoms. The van der Waals surface area contributed by atoms with Crippen molar-refractivity contribution in [3.63, 3.8) is 0 Å². The van der Waals surface area contributed by atoms with Crippen molar-refractivity contribution < 1.29 is 5.11 Å². The average Bonchev–Trinajstić information content (AvgIpc) is 2.80. The Balaban J connectivity index is 2.21. The summed E-state index contributed by atoms with van der Waals surface area (Å²) in [4.78, 5) is 0. The summed E-state index contributed by atoms with van der Waals surface area (Å²) < 4.78 is 0. The Bertz CT molecular complexity index is 765. The van der Waals surface area contributed by atoms with Crippen LogP contribution in [0.5, 0.6) is 0 Å². The monoisotopic (exact) mass is 290 g/mol. The second-order valence-electron chi connectivity index (χ2n) is 6.04. The standard InChI is InChI=1S/C21H22O/c1-14-12-15(2)21(16(14)3)20-11-7-6-10-19(20)18-9-5-4-8-17(18)13-22/h4-12,15,22H,13H2,1-3H3. The number of hydrogen-bond acceptors (Lipinski definition) is 1. The third-order valence-electron chi connectivity index (χ3n) is 4.65. The van der Waals surface area contributed by atoms with E-state index in [0.717, 1.165) is 11.1 Å². The van der Waals surface area contributed by atoms with Crippen molar-refractivity contribution in [1.82, 2.24) is 0 Å². The van der Waals surface area contributed by atoms with E-state index in [-0.39, 0.29) is 6.61 Å². The maximum absolute atomic E-state index is 9.66. The number of benzene rings is 2. The largest absolute Gasteiger partial charge is 0.392 e. The molecule has 0 bridgehead atoms. The summed E-state index contributed by atoms with van der Waals surface area (Å²) in [6, 6.07) is 16.6. The minimum atomic E-state index is 0.0648. The zero-order valence-electron chi connectivity index (χ0n) is 13.4. The van der Waals surface area contributed by atoms with E-state index in [4.69, 9.17) is 0 Å². The van der Waals surface area contributed by atoms with Crippen LogP contribution >= 0.6 is 0 Å².